The van der Waals surface area contributed by atoms with Gasteiger partial charge in [-0.25, -0.2) is 0 Å². The van der Waals surface area contributed by atoms with Crippen molar-refractivity contribution in [2.24, 2.45) is 0 Å². The molecule has 0 saturated carbocycles. The van der Waals surface area contributed by atoms with Crippen LogP contribution >= 0.6 is 0 Å². The highest BCUT2D eigenvalue weighted by Gasteiger charge is 2.09. The molecule has 2 heteroatoms. The van der Waals surface area contributed by atoms with Crippen molar-refractivity contribution in [3.8, 4) is 0 Å². The van der Waals surface area contributed by atoms with E-state index in [0.717, 1.165) is 12.0 Å². The number of ether oxygens (including phenoxy) is 1. The second-order valence-electron chi connectivity index (χ2n) is 2.65. The minimum absolute atomic E-state index is 0.0915. The second kappa shape index (κ2) is 3.90. The lowest BCUT2D eigenvalue weighted by atomic mass is 10.1. The summed E-state index contributed by atoms with van der Waals surface area (Å²) in [4.78, 5) is 10.6. The number of carbonyl (C=O) groups excluding carboxylic acids is 1. The smallest absolute Gasteiger partial charge is 0.303 e. The van der Waals surface area contributed by atoms with Crippen LogP contribution in [0.15, 0.2) is 36.5 Å². The van der Waals surface area contributed by atoms with E-state index in [1.54, 1.807) is 6.08 Å². The number of carbonyl (C=O) groups is 1. The van der Waals surface area contributed by atoms with Gasteiger partial charge in [-0.05, 0) is 11.6 Å². The van der Waals surface area contributed by atoms with Gasteiger partial charge in [0.1, 0.15) is 6.10 Å². The average Bonchev–Trinajstić information content (AvgIpc) is 2.05. The Labute approximate surface area is 72.2 Å². The molecule has 0 amide bonds. The standard InChI is InChI=1S/C10H12O2/c1-3-9-4-6-10(7-5-9)12-8(2)11/h3-6,10H,1,7H2,2H3. The topological polar surface area (TPSA) is 26.3 Å². The van der Waals surface area contributed by atoms with Crippen LogP contribution in [0.3, 0.4) is 0 Å². The molecule has 0 aromatic heterocycles. The summed E-state index contributed by atoms with van der Waals surface area (Å²) in [5.74, 6) is -0.236. The fraction of sp³-hybridized carbons (Fsp3) is 0.300. The van der Waals surface area contributed by atoms with Gasteiger partial charge < -0.3 is 4.74 Å². The molecule has 0 fully saturated rings. The van der Waals surface area contributed by atoms with Crippen molar-refractivity contribution < 1.29 is 9.53 Å². The highest BCUT2D eigenvalue weighted by Crippen LogP contribution is 2.13. The SMILES string of the molecule is C=CC1=CCC(OC(C)=O)C=C1. The Balaban J connectivity index is 2.48. The lowest BCUT2D eigenvalue weighted by molar-refractivity contribution is -0.144. The van der Waals surface area contributed by atoms with Crippen molar-refractivity contribution in [1.29, 1.82) is 0 Å². The van der Waals surface area contributed by atoms with Crippen LogP contribution < -0.4 is 0 Å². The van der Waals surface area contributed by atoms with Crippen LogP contribution in [-0.2, 0) is 9.53 Å². The third kappa shape index (κ3) is 2.38. The molecule has 0 aliphatic heterocycles. The zero-order valence-corrected chi connectivity index (χ0v) is 7.12. The fourth-order valence-electron chi connectivity index (χ4n) is 1.07. The van der Waals surface area contributed by atoms with E-state index in [-0.39, 0.29) is 12.1 Å². The van der Waals surface area contributed by atoms with Gasteiger partial charge in [-0.1, -0.05) is 24.8 Å². The first kappa shape index (κ1) is 8.78. The Hall–Kier alpha value is -1.31. The summed E-state index contributed by atoms with van der Waals surface area (Å²) in [6, 6.07) is 0. The van der Waals surface area contributed by atoms with Crippen LogP contribution in [0.1, 0.15) is 13.3 Å². The molecule has 0 aromatic carbocycles. The third-order valence-corrected chi connectivity index (χ3v) is 1.64. The highest BCUT2D eigenvalue weighted by atomic mass is 16.5. The zero-order chi connectivity index (χ0) is 8.97. The van der Waals surface area contributed by atoms with Crippen molar-refractivity contribution >= 4 is 5.97 Å². The molecule has 64 valence electrons. The predicted molar refractivity (Wildman–Crippen MR) is 47.6 cm³/mol. The number of esters is 1. The van der Waals surface area contributed by atoms with Gasteiger partial charge >= 0.3 is 5.97 Å². The van der Waals surface area contributed by atoms with E-state index in [2.05, 4.69) is 6.58 Å². The summed E-state index contributed by atoms with van der Waals surface area (Å²) in [6.07, 6.45) is 8.22. The van der Waals surface area contributed by atoms with Crippen molar-refractivity contribution in [1.82, 2.24) is 0 Å². The summed E-state index contributed by atoms with van der Waals surface area (Å²) < 4.78 is 4.98. The van der Waals surface area contributed by atoms with Crippen molar-refractivity contribution in [2.75, 3.05) is 0 Å². The summed E-state index contributed by atoms with van der Waals surface area (Å²) in [5.41, 5.74) is 1.08. The molecule has 1 rings (SSSR count). The van der Waals surface area contributed by atoms with Crippen LogP contribution in [0.5, 0.6) is 0 Å². The third-order valence-electron chi connectivity index (χ3n) is 1.64. The van der Waals surface area contributed by atoms with Crippen LogP contribution in [-0.4, -0.2) is 12.1 Å². The zero-order valence-electron chi connectivity index (χ0n) is 7.12. The fourth-order valence-corrected chi connectivity index (χ4v) is 1.07. The molecule has 1 aliphatic rings. The van der Waals surface area contributed by atoms with Gasteiger partial charge in [0.2, 0.25) is 0 Å². The Morgan fingerprint density at radius 3 is 3.00 bits per heavy atom. The Morgan fingerprint density at radius 1 is 1.83 bits per heavy atom. The largest absolute Gasteiger partial charge is 0.458 e. The number of allylic oxidation sites excluding steroid dienone is 3. The monoisotopic (exact) mass is 164 g/mol. The van der Waals surface area contributed by atoms with Gasteiger partial charge in [-0.2, -0.15) is 0 Å². The Morgan fingerprint density at radius 2 is 2.58 bits per heavy atom. The van der Waals surface area contributed by atoms with E-state index in [4.69, 9.17) is 4.74 Å². The quantitative estimate of drug-likeness (QED) is 0.583. The summed E-state index contributed by atoms with van der Waals surface area (Å²) in [7, 11) is 0. The maximum absolute atomic E-state index is 10.6. The molecule has 0 aromatic rings. The molecule has 2 nitrogen and oxygen atoms in total. The second-order valence-corrected chi connectivity index (χ2v) is 2.65. The molecule has 0 heterocycles. The van der Waals surface area contributed by atoms with Gasteiger partial charge in [-0.3, -0.25) is 4.79 Å². The maximum Gasteiger partial charge on any atom is 0.303 e. The molecule has 12 heavy (non-hydrogen) atoms. The molecular weight excluding hydrogens is 152 g/mol. The van der Waals surface area contributed by atoms with E-state index in [1.165, 1.54) is 6.92 Å². The van der Waals surface area contributed by atoms with Crippen molar-refractivity contribution in [3.63, 3.8) is 0 Å². The van der Waals surface area contributed by atoms with Crippen LogP contribution in [0.4, 0.5) is 0 Å². The van der Waals surface area contributed by atoms with Gasteiger partial charge in [0, 0.05) is 13.3 Å². The maximum atomic E-state index is 10.6. The van der Waals surface area contributed by atoms with E-state index < -0.39 is 0 Å². The van der Waals surface area contributed by atoms with Crippen LogP contribution in [0.2, 0.25) is 0 Å². The number of hydrogen-bond acceptors (Lipinski definition) is 2. The Bertz CT molecular complexity index is 249. The van der Waals surface area contributed by atoms with Gasteiger partial charge in [0.15, 0.2) is 0 Å². The van der Waals surface area contributed by atoms with Crippen molar-refractivity contribution in [3.05, 3.63) is 36.5 Å². The van der Waals surface area contributed by atoms with Gasteiger partial charge in [0.05, 0.1) is 0 Å². The minimum atomic E-state index is -0.236. The van der Waals surface area contributed by atoms with Crippen molar-refractivity contribution in [2.45, 2.75) is 19.4 Å². The number of hydrogen-bond donors (Lipinski definition) is 0. The normalized spacial score (nSPS) is 21.4. The van der Waals surface area contributed by atoms with Gasteiger partial charge in [-0.15, -0.1) is 0 Å². The van der Waals surface area contributed by atoms with Crippen LogP contribution in [0, 0.1) is 0 Å². The molecule has 0 saturated heterocycles. The molecule has 0 spiro atoms. The van der Waals surface area contributed by atoms with E-state index in [1.807, 2.05) is 18.2 Å². The van der Waals surface area contributed by atoms with E-state index in [0.29, 0.717) is 0 Å². The Kier molecular flexibility index (Phi) is 2.86. The van der Waals surface area contributed by atoms with E-state index in [9.17, 15) is 4.79 Å². The molecule has 1 unspecified atom stereocenters. The first-order valence-corrected chi connectivity index (χ1v) is 3.90. The first-order valence-electron chi connectivity index (χ1n) is 3.90. The van der Waals surface area contributed by atoms with E-state index >= 15 is 0 Å². The van der Waals surface area contributed by atoms with Gasteiger partial charge in [0.25, 0.3) is 0 Å². The predicted octanol–water partition coefficient (Wildman–Crippen LogP) is 1.99. The summed E-state index contributed by atoms with van der Waals surface area (Å²) in [5, 5.41) is 0. The highest BCUT2D eigenvalue weighted by molar-refractivity contribution is 5.66. The summed E-state index contributed by atoms with van der Waals surface area (Å²) in [6.45, 7) is 5.06. The molecule has 0 radical (unpaired) electrons. The lowest BCUT2D eigenvalue weighted by Gasteiger charge is -2.14. The van der Waals surface area contributed by atoms with Crippen LogP contribution in [0.25, 0.3) is 0 Å². The number of rotatable bonds is 2. The average molecular weight is 164 g/mol. The molecule has 1 atom stereocenters. The first-order chi connectivity index (χ1) is 5.72. The lowest BCUT2D eigenvalue weighted by Crippen LogP contribution is -2.14. The molecule has 1 aliphatic carbocycles. The summed E-state index contributed by atoms with van der Waals surface area (Å²) >= 11 is 0. The molecular formula is C10H12O2. The minimum Gasteiger partial charge on any atom is -0.458 e. The molecule has 0 bridgehead atoms. The molecule has 0 N–H and O–H groups in total.